The zero-order valence-corrected chi connectivity index (χ0v) is 19.8. The number of carbonyl (C=O) groups excluding carboxylic acids is 2. The third kappa shape index (κ3) is 4.86. The Kier molecular flexibility index (Phi) is 6.94. The van der Waals surface area contributed by atoms with Gasteiger partial charge in [-0.05, 0) is 53.4 Å². The summed E-state index contributed by atoms with van der Waals surface area (Å²) in [4.78, 5) is 26.1. The number of thiophene rings is 1. The van der Waals surface area contributed by atoms with Crippen LogP contribution in [0.3, 0.4) is 0 Å². The number of amides is 2. The number of benzene rings is 1. The summed E-state index contributed by atoms with van der Waals surface area (Å²) >= 11 is 2.74. The fraction of sp³-hybridized carbons (Fsp3) is 0.286. The number of ether oxygens (including phenoxy) is 2. The first kappa shape index (κ1) is 22.8. The predicted octanol–water partition coefficient (Wildman–Crippen LogP) is 3.00. The molecule has 2 amide bonds. The number of urea groups is 1. The summed E-state index contributed by atoms with van der Waals surface area (Å²) in [7, 11) is 1.58. The summed E-state index contributed by atoms with van der Waals surface area (Å²) in [6.07, 6.45) is 0. The van der Waals surface area contributed by atoms with Crippen LogP contribution in [0.4, 0.5) is 4.79 Å². The standard InChI is InChI=1S/C21H22N6O4S2/c1-4-31-19(28)17-13(22-20(29)23-18(17)16-6-5-9-32-16)11-33-21-24-25-26-27(21)14-10-12(2)7-8-15(14)30-3/h5-10,18H,4,11H2,1-3H3,(H2,22,23,29). The van der Waals surface area contributed by atoms with Crippen molar-refractivity contribution < 1.29 is 19.1 Å². The van der Waals surface area contributed by atoms with Gasteiger partial charge in [-0.2, -0.15) is 4.68 Å². The molecule has 0 fully saturated rings. The van der Waals surface area contributed by atoms with Crippen LogP contribution in [0.5, 0.6) is 5.75 Å². The molecule has 2 N–H and O–H groups in total. The Bertz CT molecular complexity index is 1190. The van der Waals surface area contributed by atoms with Crippen LogP contribution in [0.1, 0.15) is 23.4 Å². The number of aryl methyl sites for hydroxylation is 1. The predicted molar refractivity (Wildman–Crippen MR) is 124 cm³/mol. The van der Waals surface area contributed by atoms with Crippen molar-refractivity contribution in [1.29, 1.82) is 0 Å². The Morgan fingerprint density at radius 1 is 1.33 bits per heavy atom. The fourth-order valence-electron chi connectivity index (χ4n) is 3.37. The van der Waals surface area contributed by atoms with E-state index in [1.807, 2.05) is 42.6 Å². The van der Waals surface area contributed by atoms with Crippen molar-refractivity contribution >= 4 is 35.1 Å². The Labute approximate surface area is 198 Å². The van der Waals surface area contributed by atoms with Crippen LogP contribution >= 0.6 is 23.1 Å². The number of tetrazole rings is 1. The molecule has 1 aliphatic heterocycles. The molecule has 172 valence electrons. The minimum absolute atomic E-state index is 0.221. The SMILES string of the molecule is CCOC(=O)C1=C(CSc2nnnn2-c2cc(C)ccc2OC)NC(=O)NC1c1cccs1. The molecule has 4 rings (SSSR count). The normalized spacial score (nSPS) is 15.7. The van der Waals surface area contributed by atoms with Gasteiger partial charge >= 0.3 is 12.0 Å². The number of methoxy groups -OCH3 is 1. The minimum Gasteiger partial charge on any atom is -0.494 e. The number of hydrogen-bond donors (Lipinski definition) is 2. The highest BCUT2D eigenvalue weighted by Gasteiger charge is 2.34. The molecule has 3 heterocycles. The molecular formula is C21H22N6O4S2. The number of carbonyl (C=O) groups is 2. The second-order valence-corrected chi connectivity index (χ2v) is 8.92. The lowest BCUT2D eigenvalue weighted by Crippen LogP contribution is -2.46. The van der Waals surface area contributed by atoms with Gasteiger partial charge in [0.2, 0.25) is 5.16 Å². The number of hydrogen-bond acceptors (Lipinski definition) is 9. The van der Waals surface area contributed by atoms with Crippen LogP contribution in [0.25, 0.3) is 5.69 Å². The van der Waals surface area contributed by atoms with Gasteiger partial charge in [0, 0.05) is 16.3 Å². The number of nitrogens with zero attached hydrogens (tertiary/aromatic N) is 4. The van der Waals surface area contributed by atoms with Crippen LogP contribution in [0, 0.1) is 6.92 Å². The van der Waals surface area contributed by atoms with Crippen molar-refractivity contribution in [2.75, 3.05) is 19.5 Å². The van der Waals surface area contributed by atoms with Gasteiger partial charge in [0.1, 0.15) is 11.4 Å². The zero-order valence-electron chi connectivity index (χ0n) is 18.2. The van der Waals surface area contributed by atoms with Gasteiger partial charge in [-0.25, -0.2) is 9.59 Å². The lowest BCUT2D eigenvalue weighted by molar-refractivity contribution is -0.139. The van der Waals surface area contributed by atoms with Gasteiger partial charge in [0.05, 0.1) is 25.3 Å². The molecular weight excluding hydrogens is 464 g/mol. The molecule has 3 aromatic rings. The maximum absolute atomic E-state index is 12.9. The molecule has 0 radical (unpaired) electrons. The van der Waals surface area contributed by atoms with E-state index in [0.29, 0.717) is 27.9 Å². The van der Waals surface area contributed by atoms with Crippen LogP contribution < -0.4 is 15.4 Å². The van der Waals surface area contributed by atoms with E-state index in [0.717, 1.165) is 10.4 Å². The third-order valence-corrected chi connectivity index (χ3v) is 6.71. The lowest BCUT2D eigenvalue weighted by atomic mass is 10.0. The Morgan fingerprint density at radius 2 is 2.18 bits per heavy atom. The van der Waals surface area contributed by atoms with Crippen LogP contribution in [-0.2, 0) is 9.53 Å². The van der Waals surface area contributed by atoms with Gasteiger partial charge in [-0.15, -0.1) is 16.4 Å². The molecule has 10 nitrogen and oxygen atoms in total. The van der Waals surface area contributed by atoms with Crippen LogP contribution in [-0.4, -0.2) is 51.7 Å². The van der Waals surface area contributed by atoms with Crippen molar-refractivity contribution in [3.63, 3.8) is 0 Å². The van der Waals surface area contributed by atoms with E-state index in [9.17, 15) is 9.59 Å². The number of rotatable bonds is 8. The van der Waals surface area contributed by atoms with E-state index < -0.39 is 18.0 Å². The average Bonchev–Trinajstić information content (AvgIpc) is 3.49. The zero-order chi connectivity index (χ0) is 23.4. The maximum atomic E-state index is 12.9. The van der Waals surface area contributed by atoms with Gasteiger partial charge in [0.15, 0.2) is 0 Å². The molecule has 33 heavy (non-hydrogen) atoms. The largest absolute Gasteiger partial charge is 0.494 e. The summed E-state index contributed by atoms with van der Waals surface area (Å²) in [5.41, 5.74) is 2.52. The first-order chi connectivity index (χ1) is 16.0. The van der Waals surface area contributed by atoms with Crippen molar-refractivity contribution in [3.8, 4) is 11.4 Å². The number of aromatic nitrogens is 4. The van der Waals surface area contributed by atoms with E-state index in [1.165, 1.54) is 23.1 Å². The van der Waals surface area contributed by atoms with Gasteiger partial charge in [-0.3, -0.25) is 0 Å². The van der Waals surface area contributed by atoms with Crippen LogP contribution in [0.2, 0.25) is 0 Å². The molecule has 2 aromatic heterocycles. The Hall–Kier alpha value is -3.38. The van der Waals surface area contributed by atoms with Crippen LogP contribution in [0.15, 0.2) is 52.1 Å². The molecule has 12 heteroatoms. The molecule has 0 spiro atoms. The molecule has 1 unspecified atom stereocenters. The van der Waals surface area contributed by atoms with E-state index in [2.05, 4.69) is 26.2 Å². The molecule has 0 saturated heterocycles. The second kappa shape index (κ2) is 10.0. The van der Waals surface area contributed by atoms with E-state index in [1.54, 1.807) is 18.7 Å². The van der Waals surface area contributed by atoms with Gasteiger partial charge in [-0.1, -0.05) is 23.9 Å². The molecule has 1 aromatic carbocycles. The summed E-state index contributed by atoms with van der Waals surface area (Å²) < 4.78 is 12.3. The maximum Gasteiger partial charge on any atom is 0.338 e. The van der Waals surface area contributed by atoms with Crippen molar-refractivity contribution in [3.05, 3.63) is 57.4 Å². The van der Waals surface area contributed by atoms with E-state index in [4.69, 9.17) is 9.47 Å². The highest BCUT2D eigenvalue weighted by Crippen LogP contribution is 2.33. The molecule has 0 bridgehead atoms. The summed E-state index contributed by atoms with van der Waals surface area (Å²) in [6, 6.07) is 8.45. The second-order valence-electron chi connectivity index (χ2n) is 7.00. The summed E-state index contributed by atoms with van der Waals surface area (Å²) in [5, 5.41) is 20.0. The first-order valence-electron chi connectivity index (χ1n) is 10.1. The monoisotopic (exact) mass is 486 g/mol. The molecule has 0 aliphatic carbocycles. The van der Waals surface area contributed by atoms with Gasteiger partial charge < -0.3 is 20.1 Å². The molecule has 0 saturated carbocycles. The van der Waals surface area contributed by atoms with Crippen molar-refractivity contribution in [2.24, 2.45) is 0 Å². The summed E-state index contributed by atoms with van der Waals surface area (Å²) in [5.74, 6) is 0.380. The fourth-order valence-corrected chi connectivity index (χ4v) is 5.01. The van der Waals surface area contributed by atoms with E-state index >= 15 is 0 Å². The highest BCUT2D eigenvalue weighted by molar-refractivity contribution is 7.99. The minimum atomic E-state index is -0.596. The first-order valence-corrected chi connectivity index (χ1v) is 12.0. The smallest absolute Gasteiger partial charge is 0.338 e. The number of esters is 1. The quantitative estimate of drug-likeness (QED) is 0.368. The average molecular weight is 487 g/mol. The lowest BCUT2D eigenvalue weighted by Gasteiger charge is -2.28. The topological polar surface area (TPSA) is 120 Å². The summed E-state index contributed by atoms with van der Waals surface area (Å²) in [6.45, 7) is 3.93. The highest BCUT2D eigenvalue weighted by atomic mass is 32.2. The Balaban J connectivity index is 1.67. The molecule has 1 atom stereocenters. The van der Waals surface area contributed by atoms with Crippen molar-refractivity contribution in [2.45, 2.75) is 25.0 Å². The van der Waals surface area contributed by atoms with Crippen molar-refractivity contribution in [1.82, 2.24) is 30.8 Å². The van der Waals surface area contributed by atoms with Gasteiger partial charge in [0.25, 0.3) is 0 Å². The Morgan fingerprint density at radius 3 is 2.91 bits per heavy atom. The number of nitrogens with one attached hydrogen (secondary N) is 2. The molecule has 1 aliphatic rings. The van der Waals surface area contributed by atoms with E-state index in [-0.39, 0.29) is 12.4 Å². The third-order valence-electron chi connectivity index (χ3n) is 4.83. The number of thioether (sulfide) groups is 1.